The largest absolute Gasteiger partial charge is 0.478 e. The highest BCUT2D eigenvalue weighted by molar-refractivity contribution is 9.10. The van der Waals surface area contributed by atoms with Gasteiger partial charge in [0.25, 0.3) is 0 Å². The summed E-state index contributed by atoms with van der Waals surface area (Å²) in [7, 11) is 0. The Hall–Kier alpha value is -2.20. The molecule has 0 bridgehead atoms. The fourth-order valence-corrected chi connectivity index (χ4v) is 2.77. The molecule has 0 spiro atoms. The molecule has 0 radical (unpaired) electrons. The lowest BCUT2D eigenvalue weighted by Gasteiger charge is -2.09. The van der Waals surface area contributed by atoms with Gasteiger partial charge in [-0.05, 0) is 35.7 Å². The van der Waals surface area contributed by atoms with Crippen LogP contribution in [0.5, 0.6) is 0 Å². The molecule has 2 aromatic carbocycles. The van der Waals surface area contributed by atoms with Crippen molar-refractivity contribution < 1.29 is 9.90 Å². The summed E-state index contributed by atoms with van der Waals surface area (Å²) in [5, 5.41) is 10.2. The summed E-state index contributed by atoms with van der Waals surface area (Å²) in [5.74, 6) is -0.925. The second kappa shape index (κ2) is 5.66. The maximum Gasteiger partial charge on any atom is 0.336 e. The highest BCUT2D eigenvalue weighted by atomic mass is 79.9. The predicted molar refractivity (Wildman–Crippen MR) is 85.7 cm³/mol. The van der Waals surface area contributed by atoms with E-state index in [-0.39, 0.29) is 0 Å². The number of halogens is 1. The van der Waals surface area contributed by atoms with Gasteiger partial charge in [-0.1, -0.05) is 46.3 Å². The standard InChI is InChI=1S/C17H12BrNO2/c18-13-6-7-15-14(9-13)16(17(20)21)12(10-19-15)8-11-4-2-1-3-5-11/h1-7,9-10H,8H2,(H,20,21). The maximum atomic E-state index is 11.7. The summed E-state index contributed by atoms with van der Waals surface area (Å²) in [4.78, 5) is 16.1. The summed E-state index contributed by atoms with van der Waals surface area (Å²) in [6, 6.07) is 15.3. The first-order valence-corrected chi connectivity index (χ1v) is 7.29. The van der Waals surface area contributed by atoms with Gasteiger partial charge in [0.15, 0.2) is 0 Å². The summed E-state index contributed by atoms with van der Waals surface area (Å²) in [6.45, 7) is 0. The molecule has 21 heavy (non-hydrogen) atoms. The number of pyridine rings is 1. The van der Waals surface area contributed by atoms with E-state index in [1.807, 2.05) is 42.5 Å². The number of benzene rings is 2. The van der Waals surface area contributed by atoms with E-state index < -0.39 is 5.97 Å². The molecular weight excluding hydrogens is 330 g/mol. The fraction of sp³-hybridized carbons (Fsp3) is 0.0588. The van der Waals surface area contributed by atoms with E-state index in [9.17, 15) is 9.90 Å². The number of nitrogens with zero attached hydrogens (tertiary/aromatic N) is 1. The molecule has 0 aliphatic heterocycles. The fourth-order valence-electron chi connectivity index (χ4n) is 2.41. The molecule has 0 saturated heterocycles. The number of hydrogen-bond acceptors (Lipinski definition) is 2. The average Bonchev–Trinajstić information content (AvgIpc) is 2.47. The lowest BCUT2D eigenvalue weighted by molar-refractivity contribution is 0.0698. The smallest absolute Gasteiger partial charge is 0.336 e. The molecule has 104 valence electrons. The van der Waals surface area contributed by atoms with Crippen LogP contribution in [-0.2, 0) is 6.42 Å². The van der Waals surface area contributed by atoms with Gasteiger partial charge in [0, 0.05) is 16.1 Å². The van der Waals surface area contributed by atoms with Crippen LogP contribution in [0.4, 0.5) is 0 Å². The molecule has 0 saturated carbocycles. The Balaban J connectivity index is 2.18. The molecule has 4 heteroatoms. The Kier molecular flexibility index (Phi) is 3.71. The second-order valence-corrected chi connectivity index (χ2v) is 5.70. The van der Waals surface area contributed by atoms with Crippen LogP contribution in [0, 0.1) is 0 Å². The second-order valence-electron chi connectivity index (χ2n) is 4.79. The van der Waals surface area contributed by atoms with Gasteiger partial charge in [-0.3, -0.25) is 4.98 Å². The number of aromatic carboxylic acids is 1. The molecule has 0 unspecified atom stereocenters. The van der Waals surface area contributed by atoms with Gasteiger partial charge < -0.3 is 5.11 Å². The minimum absolute atomic E-state index is 0.324. The van der Waals surface area contributed by atoms with Crippen LogP contribution in [0.3, 0.4) is 0 Å². The summed E-state index contributed by atoms with van der Waals surface area (Å²) in [6.07, 6.45) is 2.21. The Morgan fingerprint density at radius 3 is 2.62 bits per heavy atom. The van der Waals surface area contributed by atoms with E-state index in [2.05, 4.69) is 20.9 Å². The first kappa shape index (κ1) is 13.8. The van der Waals surface area contributed by atoms with Gasteiger partial charge in [-0.25, -0.2) is 4.79 Å². The topological polar surface area (TPSA) is 50.2 Å². The first-order chi connectivity index (χ1) is 10.1. The van der Waals surface area contributed by atoms with Crippen molar-refractivity contribution in [2.75, 3.05) is 0 Å². The third kappa shape index (κ3) is 2.81. The Labute approximate surface area is 130 Å². The zero-order valence-corrected chi connectivity index (χ0v) is 12.7. The van der Waals surface area contributed by atoms with Crippen molar-refractivity contribution in [2.24, 2.45) is 0 Å². The molecule has 0 aliphatic rings. The number of rotatable bonds is 3. The molecule has 1 aromatic heterocycles. The lowest BCUT2D eigenvalue weighted by atomic mass is 9.98. The van der Waals surface area contributed by atoms with Gasteiger partial charge in [0.2, 0.25) is 0 Å². The van der Waals surface area contributed by atoms with Crippen molar-refractivity contribution >= 4 is 32.8 Å². The van der Waals surface area contributed by atoms with Crippen molar-refractivity contribution in [1.82, 2.24) is 4.98 Å². The van der Waals surface area contributed by atoms with E-state index in [1.54, 1.807) is 12.3 Å². The molecule has 1 N–H and O–H groups in total. The van der Waals surface area contributed by atoms with Crippen LogP contribution in [-0.4, -0.2) is 16.1 Å². The zero-order valence-electron chi connectivity index (χ0n) is 11.1. The minimum atomic E-state index is -0.925. The minimum Gasteiger partial charge on any atom is -0.478 e. The average molecular weight is 342 g/mol. The van der Waals surface area contributed by atoms with Crippen molar-refractivity contribution in [3.05, 3.63) is 75.9 Å². The number of carboxylic acid groups (broad SMARTS) is 1. The molecule has 0 fully saturated rings. The van der Waals surface area contributed by atoms with Gasteiger partial charge >= 0.3 is 5.97 Å². The van der Waals surface area contributed by atoms with E-state index in [0.29, 0.717) is 22.9 Å². The quantitative estimate of drug-likeness (QED) is 0.773. The van der Waals surface area contributed by atoms with E-state index in [1.165, 1.54) is 0 Å². The zero-order chi connectivity index (χ0) is 14.8. The third-order valence-electron chi connectivity index (χ3n) is 3.36. The van der Waals surface area contributed by atoms with E-state index in [4.69, 9.17) is 0 Å². The molecule has 3 aromatic rings. The monoisotopic (exact) mass is 341 g/mol. The van der Waals surface area contributed by atoms with Crippen molar-refractivity contribution in [1.29, 1.82) is 0 Å². The molecule has 1 heterocycles. The molecule has 0 amide bonds. The van der Waals surface area contributed by atoms with Gasteiger partial charge in [-0.2, -0.15) is 0 Å². The highest BCUT2D eigenvalue weighted by Gasteiger charge is 2.16. The highest BCUT2D eigenvalue weighted by Crippen LogP contribution is 2.25. The van der Waals surface area contributed by atoms with Gasteiger partial charge in [0.1, 0.15) is 0 Å². The van der Waals surface area contributed by atoms with Gasteiger partial charge in [-0.15, -0.1) is 0 Å². The first-order valence-electron chi connectivity index (χ1n) is 6.49. The molecular formula is C17H12BrNO2. The number of hydrogen-bond donors (Lipinski definition) is 1. The number of fused-ring (bicyclic) bond motifs is 1. The van der Waals surface area contributed by atoms with Gasteiger partial charge in [0.05, 0.1) is 11.1 Å². The Bertz CT molecular complexity index is 816. The predicted octanol–water partition coefficient (Wildman–Crippen LogP) is 4.29. The number of carboxylic acids is 1. The molecule has 3 rings (SSSR count). The third-order valence-corrected chi connectivity index (χ3v) is 3.85. The summed E-state index contributed by atoms with van der Waals surface area (Å²) in [5.41, 5.74) is 2.80. The Morgan fingerprint density at radius 1 is 1.14 bits per heavy atom. The summed E-state index contributed by atoms with van der Waals surface area (Å²) >= 11 is 3.39. The van der Waals surface area contributed by atoms with E-state index >= 15 is 0 Å². The summed E-state index contributed by atoms with van der Waals surface area (Å²) < 4.78 is 0.844. The maximum absolute atomic E-state index is 11.7. The van der Waals surface area contributed by atoms with Crippen LogP contribution >= 0.6 is 15.9 Å². The molecule has 0 atom stereocenters. The van der Waals surface area contributed by atoms with Crippen LogP contribution < -0.4 is 0 Å². The normalized spacial score (nSPS) is 10.7. The van der Waals surface area contributed by atoms with Crippen LogP contribution in [0.1, 0.15) is 21.5 Å². The SMILES string of the molecule is O=C(O)c1c(Cc2ccccc2)cnc2ccc(Br)cc12. The van der Waals surface area contributed by atoms with Crippen molar-refractivity contribution in [3.63, 3.8) is 0 Å². The van der Waals surface area contributed by atoms with Crippen LogP contribution in [0.15, 0.2) is 59.2 Å². The molecule has 3 nitrogen and oxygen atoms in total. The Morgan fingerprint density at radius 2 is 1.90 bits per heavy atom. The van der Waals surface area contributed by atoms with Crippen LogP contribution in [0.25, 0.3) is 10.9 Å². The van der Waals surface area contributed by atoms with E-state index in [0.717, 1.165) is 15.6 Å². The number of carbonyl (C=O) groups is 1. The van der Waals surface area contributed by atoms with Crippen molar-refractivity contribution in [2.45, 2.75) is 6.42 Å². The van der Waals surface area contributed by atoms with Crippen LogP contribution in [0.2, 0.25) is 0 Å². The van der Waals surface area contributed by atoms with Crippen molar-refractivity contribution in [3.8, 4) is 0 Å². The number of aromatic nitrogens is 1. The molecule has 0 aliphatic carbocycles. The lowest BCUT2D eigenvalue weighted by Crippen LogP contribution is -2.05.